The van der Waals surface area contributed by atoms with Gasteiger partial charge in [-0.2, -0.15) is 0 Å². The van der Waals surface area contributed by atoms with Crippen molar-refractivity contribution >= 4 is 44.7 Å². The van der Waals surface area contributed by atoms with Crippen molar-refractivity contribution in [2.45, 2.75) is 26.3 Å². The van der Waals surface area contributed by atoms with Crippen molar-refractivity contribution in [3.8, 4) is 0 Å². The van der Waals surface area contributed by atoms with Crippen LogP contribution in [0.4, 0.5) is 0 Å². The van der Waals surface area contributed by atoms with Gasteiger partial charge in [-0.3, -0.25) is 9.69 Å². The summed E-state index contributed by atoms with van der Waals surface area (Å²) < 4.78 is 6.07. The minimum absolute atomic E-state index is 0.0254. The number of fused-ring (bicyclic) bond motifs is 1. The first-order chi connectivity index (χ1) is 11.5. The van der Waals surface area contributed by atoms with Gasteiger partial charge in [0.15, 0.2) is 5.17 Å². The molecule has 0 bridgehead atoms. The van der Waals surface area contributed by atoms with Crippen LogP contribution in [-0.2, 0) is 14.3 Å². The molecule has 24 heavy (non-hydrogen) atoms. The van der Waals surface area contributed by atoms with Crippen molar-refractivity contribution in [3.05, 3.63) is 45.6 Å². The number of thioether (sulfide) groups is 1. The van der Waals surface area contributed by atoms with Crippen molar-refractivity contribution in [3.63, 3.8) is 0 Å². The molecule has 1 atom stereocenters. The fraction of sp³-hybridized carbons (Fsp3) is 0.353. The molecule has 0 aliphatic carbocycles. The van der Waals surface area contributed by atoms with Crippen LogP contribution >= 0.6 is 27.7 Å². The molecule has 0 aromatic heterocycles. The van der Waals surface area contributed by atoms with Gasteiger partial charge in [-0.05, 0) is 25.5 Å². The predicted octanol–water partition coefficient (Wildman–Crippen LogP) is 3.66. The molecule has 0 saturated carbocycles. The number of amidine groups is 1. The molecule has 0 unspecified atom stereocenters. The number of rotatable bonds is 3. The number of amides is 1. The van der Waals surface area contributed by atoms with E-state index in [1.54, 1.807) is 18.7 Å². The van der Waals surface area contributed by atoms with Gasteiger partial charge in [0.1, 0.15) is 0 Å². The van der Waals surface area contributed by atoms with Crippen LogP contribution in [0.15, 0.2) is 45.0 Å². The van der Waals surface area contributed by atoms with Crippen LogP contribution in [0.5, 0.6) is 0 Å². The summed E-state index contributed by atoms with van der Waals surface area (Å²) in [4.78, 5) is 31.3. The zero-order valence-corrected chi connectivity index (χ0v) is 15.8. The normalized spacial score (nSPS) is 20.6. The molecule has 1 saturated heterocycles. The first-order valence-electron chi connectivity index (χ1n) is 7.70. The number of ether oxygens (including phenoxy) is 1. The third-order valence-corrected chi connectivity index (χ3v) is 5.58. The van der Waals surface area contributed by atoms with Gasteiger partial charge in [0.25, 0.3) is 0 Å². The van der Waals surface area contributed by atoms with Gasteiger partial charge in [-0.15, -0.1) is 0 Å². The van der Waals surface area contributed by atoms with Crippen molar-refractivity contribution in [1.82, 2.24) is 4.90 Å². The molecule has 5 nitrogen and oxygen atoms in total. The highest BCUT2D eigenvalue weighted by molar-refractivity contribution is 9.10. The molecule has 2 aliphatic heterocycles. The lowest BCUT2D eigenvalue weighted by atomic mass is 9.94. The Morgan fingerprint density at radius 2 is 2.21 bits per heavy atom. The largest absolute Gasteiger partial charge is 0.463 e. The number of allylic oxidation sites excluding steroid dienone is 1. The Morgan fingerprint density at radius 3 is 2.92 bits per heavy atom. The fourth-order valence-corrected chi connectivity index (χ4v) is 4.37. The van der Waals surface area contributed by atoms with E-state index in [9.17, 15) is 9.59 Å². The van der Waals surface area contributed by atoms with E-state index in [1.807, 2.05) is 24.3 Å². The molecule has 0 spiro atoms. The molecule has 1 fully saturated rings. The second kappa shape index (κ2) is 7.11. The van der Waals surface area contributed by atoms with Gasteiger partial charge in [0, 0.05) is 16.6 Å². The average molecular weight is 409 g/mol. The lowest BCUT2D eigenvalue weighted by Crippen LogP contribution is -2.46. The maximum Gasteiger partial charge on any atom is 0.338 e. The number of esters is 1. The van der Waals surface area contributed by atoms with Crippen LogP contribution < -0.4 is 0 Å². The second-order valence-corrected chi connectivity index (χ2v) is 7.32. The van der Waals surface area contributed by atoms with Crippen molar-refractivity contribution in [2.75, 3.05) is 12.4 Å². The molecule has 2 aliphatic rings. The Kier molecular flexibility index (Phi) is 5.10. The highest BCUT2D eigenvalue weighted by Crippen LogP contribution is 2.42. The van der Waals surface area contributed by atoms with Crippen molar-refractivity contribution in [2.24, 2.45) is 4.99 Å². The summed E-state index contributed by atoms with van der Waals surface area (Å²) in [6, 6.07) is 7.09. The Balaban J connectivity index is 2.18. The highest BCUT2D eigenvalue weighted by atomic mass is 79.9. The van der Waals surface area contributed by atoms with Crippen LogP contribution in [0.25, 0.3) is 0 Å². The predicted molar refractivity (Wildman–Crippen MR) is 97.6 cm³/mol. The van der Waals surface area contributed by atoms with Crippen molar-refractivity contribution in [1.29, 1.82) is 0 Å². The number of carbonyl (C=O) groups excluding carboxylic acids is 2. The molecular weight excluding hydrogens is 392 g/mol. The minimum Gasteiger partial charge on any atom is -0.463 e. The van der Waals surface area contributed by atoms with Crippen LogP contribution in [0.2, 0.25) is 0 Å². The molecule has 0 N–H and O–H groups in total. The molecular formula is C17H17BrN2O3S. The van der Waals surface area contributed by atoms with E-state index in [-0.39, 0.29) is 12.5 Å². The molecule has 3 rings (SSSR count). The summed E-state index contributed by atoms with van der Waals surface area (Å²) in [7, 11) is 0. The van der Waals surface area contributed by atoms with Gasteiger partial charge >= 0.3 is 5.97 Å². The van der Waals surface area contributed by atoms with E-state index >= 15 is 0 Å². The molecule has 126 valence electrons. The van der Waals surface area contributed by atoms with E-state index in [0.29, 0.717) is 28.6 Å². The Hall–Kier alpha value is -1.60. The monoisotopic (exact) mass is 408 g/mol. The molecule has 1 amide bonds. The first kappa shape index (κ1) is 17.2. The maximum atomic E-state index is 12.6. The van der Waals surface area contributed by atoms with Crippen LogP contribution in [-0.4, -0.2) is 34.3 Å². The topological polar surface area (TPSA) is 59.0 Å². The van der Waals surface area contributed by atoms with Gasteiger partial charge < -0.3 is 4.74 Å². The minimum atomic E-state index is -0.521. The lowest BCUT2D eigenvalue weighted by Gasteiger charge is -2.39. The van der Waals surface area contributed by atoms with Gasteiger partial charge in [0.05, 0.1) is 23.9 Å². The van der Waals surface area contributed by atoms with E-state index in [1.165, 1.54) is 11.8 Å². The summed E-state index contributed by atoms with van der Waals surface area (Å²) in [5.41, 5.74) is 1.87. The number of benzene rings is 1. The fourth-order valence-electron chi connectivity index (χ4n) is 2.86. The Labute approximate surface area is 153 Å². The number of nitrogens with zero attached hydrogens (tertiary/aromatic N) is 2. The first-order valence-corrected chi connectivity index (χ1v) is 9.48. The van der Waals surface area contributed by atoms with Gasteiger partial charge in [-0.25, -0.2) is 9.79 Å². The summed E-state index contributed by atoms with van der Waals surface area (Å²) in [5, 5.41) is 0.651. The van der Waals surface area contributed by atoms with Crippen LogP contribution in [0, 0.1) is 0 Å². The molecule has 7 heteroatoms. The third kappa shape index (κ3) is 3.02. The highest BCUT2D eigenvalue weighted by Gasteiger charge is 2.42. The van der Waals surface area contributed by atoms with Gasteiger partial charge in [0.2, 0.25) is 5.91 Å². The number of carbonyl (C=O) groups is 2. The molecule has 2 heterocycles. The zero-order valence-electron chi connectivity index (χ0n) is 13.4. The molecule has 1 aromatic rings. The molecule has 0 radical (unpaired) electrons. The van der Waals surface area contributed by atoms with Crippen LogP contribution in [0.1, 0.15) is 31.9 Å². The van der Waals surface area contributed by atoms with E-state index in [0.717, 1.165) is 10.0 Å². The van der Waals surface area contributed by atoms with E-state index in [4.69, 9.17) is 4.74 Å². The quantitative estimate of drug-likeness (QED) is 0.715. The summed E-state index contributed by atoms with van der Waals surface area (Å²) in [6.45, 7) is 3.83. The number of aliphatic imine (C=N–C) groups is 1. The van der Waals surface area contributed by atoms with E-state index in [2.05, 4.69) is 20.9 Å². The summed E-state index contributed by atoms with van der Waals surface area (Å²) in [6.07, 6.45) is 0.430. The lowest BCUT2D eigenvalue weighted by molar-refractivity contribution is -0.139. The van der Waals surface area contributed by atoms with Crippen LogP contribution in [0.3, 0.4) is 0 Å². The number of halogens is 1. The average Bonchev–Trinajstić information content (AvgIpc) is 2.54. The summed E-state index contributed by atoms with van der Waals surface area (Å²) in [5.74, 6) is 0.253. The second-order valence-electron chi connectivity index (χ2n) is 5.40. The zero-order chi connectivity index (χ0) is 17.3. The molecule has 1 aromatic carbocycles. The number of hydrogen-bond donors (Lipinski definition) is 0. The van der Waals surface area contributed by atoms with Gasteiger partial charge in [-0.1, -0.05) is 45.9 Å². The number of hydrogen-bond acceptors (Lipinski definition) is 5. The van der Waals surface area contributed by atoms with Crippen molar-refractivity contribution < 1.29 is 14.3 Å². The Bertz CT molecular complexity index is 760. The smallest absolute Gasteiger partial charge is 0.338 e. The third-order valence-electron chi connectivity index (χ3n) is 3.90. The Morgan fingerprint density at radius 1 is 1.46 bits per heavy atom. The standard InChI is InChI=1S/C17H17BrN2O3S/c1-3-23-16(22)14-10(2)19-17-20(13(21)8-9-24-17)15(14)11-6-4-5-7-12(11)18/h4-7,15H,3,8-9H2,1-2H3/t15-/m1/s1. The SMILES string of the molecule is CCOC(=O)C1=C(C)N=C2SCCC(=O)N2[C@@H]1c1ccccc1Br. The maximum absolute atomic E-state index is 12.6. The summed E-state index contributed by atoms with van der Waals surface area (Å²) >= 11 is 5.08. The van der Waals surface area contributed by atoms with E-state index < -0.39 is 12.0 Å².